The molecule has 45 heavy (non-hydrogen) atoms. The van der Waals surface area contributed by atoms with Gasteiger partial charge in [-0.15, -0.1) is 18.3 Å². The maximum Gasteiger partial charge on any atom is 0.312 e. The first-order chi connectivity index (χ1) is 21.7. The molecule has 1 aromatic carbocycles. The van der Waals surface area contributed by atoms with Crippen LogP contribution in [0, 0.1) is 11.8 Å². The van der Waals surface area contributed by atoms with Crippen molar-refractivity contribution in [3.05, 3.63) is 49.6 Å². The smallest absolute Gasteiger partial charge is 0.312 e. The number of carbonyl (C=O) groups is 4. The fraction of sp³-hybridized carbons (Fsp3) is 0.562. The third kappa shape index (κ3) is 6.23. The molecule has 3 fully saturated rings. The SMILES string of the molecule is C=CCCC(=O)NC[C@@H](C)OC(=O)[C@@H]1[C@@H]2CC[C@]3(O2)[C@H](C(=O)N(CC=C)Cn2nnc4ccccc42)N(CCCCO)C(=O)[C@@H]13. The van der Waals surface area contributed by atoms with Gasteiger partial charge in [-0.3, -0.25) is 19.2 Å². The highest BCUT2D eigenvalue weighted by molar-refractivity contribution is 5.98. The van der Waals surface area contributed by atoms with E-state index in [-0.39, 0.29) is 50.6 Å². The van der Waals surface area contributed by atoms with E-state index in [0.717, 1.165) is 5.52 Å². The lowest BCUT2D eigenvalue weighted by molar-refractivity contribution is -0.159. The van der Waals surface area contributed by atoms with Gasteiger partial charge in [0.15, 0.2) is 0 Å². The van der Waals surface area contributed by atoms with Gasteiger partial charge in [0.25, 0.3) is 0 Å². The number of aliphatic hydroxyl groups is 1. The van der Waals surface area contributed by atoms with Crippen LogP contribution in [0.4, 0.5) is 0 Å². The van der Waals surface area contributed by atoms with Gasteiger partial charge in [0.1, 0.15) is 29.9 Å². The average Bonchev–Trinajstić information content (AvgIpc) is 3.78. The summed E-state index contributed by atoms with van der Waals surface area (Å²) in [6.07, 6.45) is 4.78. The van der Waals surface area contributed by atoms with Crippen LogP contribution in [-0.4, -0.2) is 104 Å². The summed E-state index contributed by atoms with van der Waals surface area (Å²) in [5, 5.41) is 20.6. The summed E-state index contributed by atoms with van der Waals surface area (Å²) in [7, 11) is 0. The summed E-state index contributed by atoms with van der Waals surface area (Å²) in [5.74, 6) is -3.18. The molecule has 1 aromatic heterocycles. The number of allylic oxidation sites excluding steroid dienone is 1. The summed E-state index contributed by atoms with van der Waals surface area (Å²) >= 11 is 0. The number of aromatic nitrogens is 3. The zero-order valence-electron chi connectivity index (χ0n) is 25.7. The van der Waals surface area contributed by atoms with E-state index in [1.54, 1.807) is 28.7 Å². The Morgan fingerprint density at radius 3 is 2.82 bits per heavy atom. The van der Waals surface area contributed by atoms with Crippen LogP contribution in [0.1, 0.15) is 45.4 Å². The van der Waals surface area contributed by atoms with Crippen LogP contribution in [0.25, 0.3) is 11.0 Å². The van der Waals surface area contributed by atoms with E-state index in [1.807, 2.05) is 24.3 Å². The molecule has 2 aromatic rings. The summed E-state index contributed by atoms with van der Waals surface area (Å²) in [4.78, 5) is 57.4. The van der Waals surface area contributed by atoms with Gasteiger partial charge in [-0.1, -0.05) is 29.5 Å². The van der Waals surface area contributed by atoms with Crippen molar-refractivity contribution >= 4 is 34.7 Å². The number of carbonyl (C=O) groups excluding carboxylic acids is 4. The van der Waals surface area contributed by atoms with Gasteiger partial charge >= 0.3 is 5.97 Å². The quantitative estimate of drug-likeness (QED) is 0.161. The van der Waals surface area contributed by atoms with Crippen LogP contribution in [0.5, 0.6) is 0 Å². The number of unbranched alkanes of at least 4 members (excludes halogenated alkanes) is 1. The molecule has 2 bridgehead atoms. The first kappa shape index (κ1) is 32.3. The maximum atomic E-state index is 14.5. The predicted octanol–water partition coefficient (Wildman–Crippen LogP) is 1.56. The molecule has 0 unspecified atom stereocenters. The van der Waals surface area contributed by atoms with Gasteiger partial charge in [0.2, 0.25) is 17.7 Å². The normalized spacial score (nSPS) is 25.6. The van der Waals surface area contributed by atoms with Gasteiger partial charge in [-0.05, 0) is 51.2 Å². The maximum absolute atomic E-state index is 14.5. The number of esters is 1. The minimum absolute atomic E-state index is 0.0489. The topological polar surface area (TPSA) is 156 Å². The third-order valence-corrected chi connectivity index (χ3v) is 8.98. The number of aliphatic hydroxyl groups excluding tert-OH is 1. The molecule has 3 amide bonds. The van der Waals surface area contributed by atoms with Gasteiger partial charge in [0, 0.05) is 26.1 Å². The molecule has 6 atom stereocenters. The molecule has 5 rings (SSSR count). The number of nitrogens with one attached hydrogen (secondary N) is 1. The summed E-state index contributed by atoms with van der Waals surface area (Å²) in [5.41, 5.74) is 0.242. The molecule has 0 aliphatic carbocycles. The molecular weight excluding hydrogens is 580 g/mol. The zero-order valence-corrected chi connectivity index (χ0v) is 25.7. The highest BCUT2D eigenvalue weighted by Gasteiger charge is 2.75. The molecule has 0 radical (unpaired) electrons. The lowest BCUT2D eigenvalue weighted by Gasteiger charge is -2.36. The van der Waals surface area contributed by atoms with Crippen molar-refractivity contribution < 1.29 is 33.8 Å². The highest BCUT2D eigenvalue weighted by Crippen LogP contribution is 2.59. The molecule has 242 valence electrons. The van der Waals surface area contributed by atoms with Crippen LogP contribution in [0.3, 0.4) is 0 Å². The van der Waals surface area contributed by atoms with Gasteiger partial charge in [-0.2, -0.15) is 0 Å². The van der Waals surface area contributed by atoms with E-state index >= 15 is 0 Å². The van der Waals surface area contributed by atoms with Gasteiger partial charge in [0.05, 0.1) is 30.0 Å². The monoisotopic (exact) mass is 622 g/mol. The van der Waals surface area contributed by atoms with Crippen LogP contribution in [0.2, 0.25) is 0 Å². The second-order valence-corrected chi connectivity index (χ2v) is 12.0. The number of amides is 3. The molecule has 13 nitrogen and oxygen atoms in total. The minimum atomic E-state index is -1.20. The standard InChI is InChI=1S/C32H42N6O7/c1-4-6-13-25(40)33-19-21(3)44-31(43)26-24-14-15-32(45-24)27(26)29(41)37(17-9-10-18-39)28(32)30(42)36(16-5-2)20-38-23-12-8-7-11-22(23)34-35-38/h4-5,7-8,11-12,21,24,26-28,39H,1-2,6,9-10,13-20H2,3H3,(H,33,40)/t21-,24+,26-,27-,28+,32-/m1/s1. The molecule has 13 heteroatoms. The molecular formula is C32H42N6O7. The van der Waals surface area contributed by atoms with Crippen molar-refractivity contribution in [1.82, 2.24) is 30.1 Å². The number of rotatable bonds is 16. The number of nitrogens with zero attached hydrogens (tertiary/aromatic N) is 5. The van der Waals surface area contributed by atoms with Gasteiger partial charge < -0.3 is 29.7 Å². The van der Waals surface area contributed by atoms with Crippen LogP contribution in [-0.2, 0) is 35.3 Å². The molecule has 0 saturated carbocycles. The summed E-state index contributed by atoms with van der Waals surface area (Å²) < 4.78 is 13.9. The zero-order chi connectivity index (χ0) is 32.1. The Bertz CT molecular complexity index is 1440. The van der Waals surface area contributed by atoms with Crippen molar-refractivity contribution in [2.75, 3.05) is 26.2 Å². The molecule has 3 saturated heterocycles. The average molecular weight is 623 g/mol. The lowest BCUT2D eigenvalue weighted by Crippen LogP contribution is -2.56. The number of likely N-dealkylation sites (tertiary alicyclic amines) is 1. The first-order valence-corrected chi connectivity index (χ1v) is 15.6. The molecule has 3 aliphatic rings. The number of fused-ring (bicyclic) bond motifs is 2. The van der Waals surface area contributed by atoms with Crippen molar-refractivity contribution in [3.63, 3.8) is 0 Å². The third-order valence-electron chi connectivity index (χ3n) is 8.98. The van der Waals surface area contributed by atoms with E-state index in [2.05, 4.69) is 28.8 Å². The fourth-order valence-corrected chi connectivity index (χ4v) is 6.96. The number of hydrogen-bond donors (Lipinski definition) is 2. The largest absolute Gasteiger partial charge is 0.460 e. The van der Waals surface area contributed by atoms with Gasteiger partial charge in [-0.25, -0.2) is 4.68 Å². The van der Waals surface area contributed by atoms with Crippen LogP contribution < -0.4 is 5.32 Å². The minimum Gasteiger partial charge on any atom is -0.460 e. The summed E-state index contributed by atoms with van der Waals surface area (Å²) in [6.45, 7) is 9.71. The first-order valence-electron chi connectivity index (χ1n) is 15.6. The highest BCUT2D eigenvalue weighted by atomic mass is 16.6. The Balaban J connectivity index is 1.38. The molecule has 2 N–H and O–H groups in total. The number of hydrogen-bond acceptors (Lipinski definition) is 9. The Kier molecular flexibility index (Phi) is 9.98. The Hall–Kier alpha value is -4.10. The van der Waals surface area contributed by atoms with Crippen LogP contribution in [0.15, 0.2) is 49.6 Å². The van der Waals surface area contributed by atoms with Crippen LogP contribution >= 0.6 is 0 Å². The molecule has 1 spiro atoms. The van der Waals surface area contributed by atoms with E-state index in [1.165, 1.54) is 4.90 Å². The second kappa shape index (κ2) is 13.9. The van der Waals surface area contributed by atoms with Crippen molar-refractivity contribution in [2.45, 2.75) is 76.0 Å². The number of ether oxygens (including phenoxy) is 2. The molecule has 4 heterocycles. The number of benzene rings is 1. The Morgan fingerprint density at radius 2 is 2.07 bits per heavy atom. The van der Waals surface area contributed by atoms with Crippen molar-refractivity contribution in [1.29, 1.82) is 0 Å². The lowest BCUT2D eigenvalue weighted by atomic mass is 9.70. The Morgan fingerprint density at radius 1 is 1.27 bits per heavy atom. The van der Waals surface area contributed by atoms with E-state index in [0.29, 0.717) is 44.0 Å². The summed E-state index contributed by atoms with van der Waals surface area (Å²) in [6, 6.07) is 6.45. The second-order valence-electron chi connectivity index (χ2n) is 12.0. The van der Waals surface area contributed by atoms with E-state index in [9.17, 15) is 24.3 Å². The predicted molar refractivity (Wildman–Crippen MR) is 163 cm³/mol. The Labute approximate surface area is 262 Å². The van der Waals surface area contributed by atoms with E-state index < -0.39 is 41.7 Å². The van der Waals surface area contributed by atoms with E-state index in [4.69, 9.17) is 9.47 Å². The van der Waals surface area contributed by atoms with Crippen molar-refractivity contribution in [2.24, 2.45) is 11.8 Å². The van der Waals surface area contributed by atoms with Crippen molar-refractivity contribution in [3.8, 4) is 0 Å². The molecule has 3 aliphatic heterocycles. The number of para-hydroxylation sites is 1. The fourth-order valence-electron chi connectivity index (χ4n) is 6.96.